The molecule has 3 rings (SSSR count). The largest absolute Gasteiger partial charge is 0.506 e. The smallest absolute Gasteiger partial charge is 0.256 e. The van der Waals surface area contributed by atoms with Crippen molar-refractivity contribution in [2.75, 3.05) is 25.6 Å². The zero-order chi connectivity index (χ0) is 16.4. The third-order valence-corrected chi connectivity index (χ3v) is 3.49. The van der Waals surface area contributed by atoms with Crippen molar-refractivity contribution in [3.63, 3.8) is 0 Å². The fourth-order valence-electron chi connectivity index (χ4n) is 2.35. The lowest BCUT2D eigenvalue weighted by Gasteiger charge is -2.21. The van der Waals surface area contributed by atoms with Crippen LogP contribution in [0.1, 0.15) is 15.9 Å². The van der Waals surface area contributed by atoms with Gasteiger partial charge in [0.2, 0.25) is 5.75 Å². The standard InChI is InChI=1S/C17H17NO5/c1-10-3-4-12(13(19)7-10)18-17(20)11-8-14(21-2)16-15(9-11)22-5-6-23-16/h3-4,7-9,19H,5-6H2,1-2H3,(H,18,20). The minimum atomic E-state index is -0.376. The van der Waals surface area contributed by atoms with Gasteiger partial charge in [-0.25, -0.2) is 0 Å². The van der Waals surface area contributed by atoms with E-state index in [4.69, 9.17) is 14.2 Å². The molecule has 2 N–H and O–H groups in total. The molecule has 6 nitrogen and oxygen atoms in total. The highest BCUT2D eigenvalue weighted by Gasteiger charge is 2.21. The molecule has 0 saturated heterocycles. The number of carbonyl (C=O) groups excluding carboxylic acids is 1. The number of rotatable bonds is 3. The van der Waals surface area contributed by atoms with Crippen LogP contribution in [0.15, 0.2) is 30.3 Å². The van der Waals surface area contributed by atoms with Crippen molar-refractivity contribution < 1.29 is 24.1 Å². The summed E-state index contributed by atoms with van der Waals surface area (Å²) < 4.78 is 16.3. The van der Waals surface area contributed by atoms with Crippen molar-refractivity contribution in [1.29, 1.82) is 0 Å². The number of aryl methyl sites for hydroxylation is 1. The van der Waals surface area contributed by atoms with Gasteiger partial charge >= 0.3 is 0 Å². The minimum Gasteiger partial charge on any atom is -0.506 e. The predicted molar refractivity (Wildman–Crippen MR) is 84.8 cm³/mol. The molecule has 2 aromatic carbocycles. The molecule has 0 atom stereocenters. The number of carbonyl (C=O) groups is 1. The molecule has 0 aliphatic carbocycles. The Morgan fingerprint density at radius 2 is 2.00 bits per heavy atom. The Balaban J connectivity index is 1.90. The van der Waals surface area contributed by atoms with Gasteiger partial charge in [0.05, 0.1) is 12.8 Å². The number of aromatic hydroxyl groups is 1. The van der Waals surface area contributed by atoms with E-state index in [9.17, 15) is 9.90 Å². The van der Waals surface area contributed by atoms with Crippen molar-refractivity contribution in [3.05, 3.63) is 41.5 Å². The van der Waals surface area contributed by atoms with E-state index in [1.165, 1.54) is 7.11 Å². The van der Waals surface area contributed by atoms with Gasteiger partial charge in [-0.15, -0.1) is 0 Å². The summed E-state index contributed by atoms with van der Waals surface area (Å²) in [7, 11) is 1.50. The molecule has 0 bridgehead atoms. The fourth-order valence-corrected chi connectivity index (χ4v) is 2.35. The lowest BCUT2D eigenvalue weighted by atomic mass is 10.1. The maximum atomic E-state index is 12.4. The first-order chi connectivity index (χ1) is 11.1. The van der Waals surface area contributed by atoms with Gasteiger partial charge in [0.15, 0.2) is 11.5 Å². The van der Waals surface area contributed by atoms with Crippen LogP contribution in [0.2, 0.25) is 0 Å². The highest BCUT2D eigenvalue weighted by molar-refractivity contribution is 6.05. The van der Waals surface area contributed by atoms with Crippen molar-refractivity contribution >= 4 is 11.6 Å². The number of ether oxygens (including phenoxy) is 3. The average molecular weight is 315 g/mol. The minimum absolute atomic E-state index is 0.0165. The number of benzene rings is 2. The van der Waals surface area contributed by atoms with Crippen LogP contribution in [0.4, 0.5) is 5.69 Å². The van der Waals surface area contributed by atoms with Crippen molar-refractivity contribution in [3.8, 4) is 23.0 Å². The second kappa shape index (κ2) is 6.08. The first-order valence-corrected chi connectivity index (χ1v) is 7.17. The lowest BCUT2D eigenvalue weighted by Crippen LogP contribution is -2.18. The van der Waals surface area contributed by atoms with Crippen LogP contribution in [0.5, 0.6) is 23.0 Å². The van der Waals surface area contributed by atoms with E-state index in [0.29, 0.717) is 41.7 Å². The Bertz CT molecular complexity index is 740. The zero-order valence-electron chi connectivity index (χ0n) is 12.9. The summed E-state index contributed by atoms with van der Waals surface area (Å²) in [6.45, 7) is 2.71. The molecule has 1 heterocycles. The fraction of sp³-hybridized carbons (Fsp3) is 0.235. The number of anilines is 1. The molecule has 6 heteroatoms. The van der Waals surface area contributed by atoms with E-state index >= 15 is 0 Å². The highest BCUT2D eigenvalue weighted by Crippen LogP contribution is 2.40. The molecule has 1 aliphatic heterocycles. The number of methoxy groups -OCH3 is 1. The lowest BCUT2D eigenvalue weighted by molar-refractivity contribution is 0.102. The molecule has 0 radical (unpaired) electrons. The molecule has 23 heavy (non-hydrogen) atoms. The summed E-state index contributed by atoms with van der Waals surface area (Å²) in [4.78, 5) is 12.4. The summed E-state index contributed by atoms with van der Waals surface area (Å²) in [6, 6.07) is 8.21. The maximum absolute atomic E-state index is 12.4. The monoisotopic (exact) mass is 315 g/mol. The van der Waals surface area contributed by atoms with Crippen molar-refractivity contribution in [2.24, 2.45) is 0 Å². The van der Waals surface area contributed by atoms with E-state index < -0.39 is 0 Å². The van der Waals surface area contributed by atoms with Gasteiger partial charge in [-0.1, -0.05) is 6.07 Å². The Labute approximate surface area is 133 Å². The third-order valence-electron chi connectivity index (χ3n) is 3.49. The third kappa shape index (κ3) is 3.01. The second-order valence-corrected chi connectivity index (χ2v) is 5.18. The number of phenolic OH excluding ortho intramolecular Hbond substituents is 1. The first-order valence-electron chi connectivity index (χ1n) is 7.17. The zero-order valence-corrected chi connectivity index (χ0v) is 12.9. The van der Waals surface area contributed by atoms with Crippen LogP contribution in [-0.4, -0.2) is 31.3 Å². The number of hydrogen-bond acceptors (Lipinski definition) is 5. The van der Waals surface area contributed by atoms with Crippen LogP contribution in [0.25, 0.3) is 0 Å². The van der Waals surface area contributed by atoms with Crippen LogP contribution in [-0.2, 0) is 0 Å². The molecule has 0 unspecified atom stereocenters. The van der Waals surface area contributed by atoms with E-state index in [0.717, 1.165) is 5.56 Å². The van der Waals surface area contributed by atoms with Crippen LogP contribution in [0.3, 0.4) is 0 Å². The van der Waals surface area contributed by atoms with E-state index in [2.05, 4.69) is 5.32 Å². The molecule has 0 fully saturated rings. The molecule has 120 valence electrons. The average Bonchev–Trinajstić information content (AvgIpc) is 2.56. The van der Waals surface area contributed by atoms with Crippen LogP contribution in [0, 0.1) is 6.92 Å². The molecule has 1 aliphatic rings. The van der Waals surface area contributed by atoms with Gasteiger partial charge in [-0.3, -0.25) is 4.79 Å². The molecular weight excluding hydrogens is 298 g/mol. The molecule has 0 aromatic heterocycles. The van der Waals surface area contributed by atoms with E-state index in [1.807, 2.05) is 6.92 Å². The summed E-state index contributed by atoms with van der Waals surface area (Å²) in [6.07, 6.45) is 0. The van der Waals surface area contributed by atoms with Gasteiger partial charge in [-0.2, -0.15) is 0 Å². The highest BCUT2D eigenvalue weighted by atomic mass is 16.6. The Kier molecular flexibility index (Phi) is 3.97. The number of hydrogen-bond donors (Lipinski definition) is 2. The normalized spacial score (nSPS) is 12.6. The Hall–Kier alpha value is -2.89. The first kappa shape index (κ1) is 15.0. The predicted octanol–water partition coefficient (Wildman–Crippen LogP) is 2.73. The Morgan fingerprint density at radius 1 is 1.22 bits per heavy atom. The quantitative estimate of drug-likeness (QED) is 0.852. The van der Waals surface area contributed by atoms with E-state index in [-0.39, 0.29) is 11.7 Å². The SMILES string of the molecule is COc1cc(C(=O)Nc2ccc(C)cc2O)cc2c1OCCO2. The summed E-state index contributed by atoms with van der Waals surface area (Å²) in [5.74, 6) is 1.03. The van der Waals surface area contributed by atoms with Crippen LogP contribution < -0.4 is 19.5 Å². The number of amides is 1. The van der Waals surface area contributed by atoms with Gasteiger partial charge in [0, 0.05) is 5.56 Å². The topological polar surface area (TPSA) is 77.0 Å². The van der Waals surface area contributed by atoms with E-state index in [1.54, 1.807) is 30.3 Å². The van der Waals surface area contributed by atoms with Crippen molar-refractivity contribution in [2.45, 2.75) is 6.92 Å². The molecule has 2 aromatic rings. The maximum Gasteiger partial charge on any atom is 0.256 e. The van der Waals surface area contributed by atoms with Crippen LogP contribution >= 0.6 is 0 Å². The summed E-state index contributed by atoms with van der Waals surface area (Å²) in [5, 5.41) is 12.6. The molecular formula is C17H17NO5. The van der Waals surface area contributed by atoms with Gasteiger partial charge in [0.25, 0.3) is 5.91 Å². The van der Waals surface area contributed by atoms with Gasteiger partial charge in [-0.05, 0) is 36.8 Å². The molecule has 0 spiro atoms. The summed E-state index contributed by atoms with van der Waals surface area (Å²) >= 11 is 0. The summed E-state index contributed by atoms with van der Waals surface area (Å²) in [5.41, 5.74) is 1.60. The van der Waals surface area contributed by atoms with Gasteiger partial charge in [0.1, 0.15) is 19.0 Å². The van der Waals surface area contributed by atoms with Gasteiger partial charge < -0.3 is 24.6 Å². The molecule has 0 saturated carbocycles. The number of nitrogens with one attached hydrogen (secondary N) is 1. The molecule has 1 amide bonds. The second-order valence-electron chi connectivity index (χ2n) is 5.18. The Morgan fingerprint density at radius 3 is 2.74 bits per heavy atom. The van der Waals surface area contributed by atoms with Crippen molar-refractivity contribution in [1.82, 2.24) is 0 Å². The number of fused-ring (bicyclic) bond motifs is 1. The number of phenols is 1.